The maximum absolute atomic E-state index is 13.6. The van der Waals surface area contributed by atoms with Gasteiger partial charge in [-0.1, -0.05) is 0 Å². The van der Waals surface area contributed by atoms with E-state index in [2.05, 4.69) is 26.6 Å². The van der Waals surface area contributed by atoms with Crippen molar-refractivity contribution < 1.29 is 68.4 Å². The molecule has 3 unspecified atom stereocenters. The number of nitrogens with two attached hydrogens (primary N) is 1. The zero-order valence-corrected chi connectivity index (χ0v) is 35.7. The largest absolute Gasteiger partial charge is 0.595 e. The van der Waals surface area contributed by atoms with Gasteiger partial charge in [-0.2, -0.15) is 5.23 Å². The number of ether oxygens (including phenoxy) is 3. The van der Waals surface area contributed by atoms with Crippen molar-refractivity contribution in [2.75, 3.05) is 35.0 Å². The summed E-state index contributed by atoms with van der Waals surface area (Å²) in [6.07, 6.45) is -2.15. The van der Waals surface area contributed by atoms with Gasteiger partial charge in [0.25, 0.3) is 23.6 Å². The number of aromatic hydroxyl groups is 1. The van der Waals surface area contributed by atoms with E-state index >= 15 is 0 Å². The fourth-order valence-electron chi connectivity index (χ4n) is 6.14. The second-order valence-corrected chi connectivity index (χ2v) is 14.4. The van der Waals surface area contributed by atoms with E-state index in [1.54, 1.807) is 20.8 Å². The van der Waals surface area contributed by atoms with Gasteiger partial charge in [0, 0.05) is 47.3 Å². The molecule has 21 heteroatoms. The van der Waals surface area contributed by atoms with Crippen LogP contribution in [0.15, 0.2) is 103 Å². The number of amides is 6. The maximum Gasteiger partial charge on any atom is 0.335 e. The number of primary amides is 1. The highest BCUT2D eigenvalue weighted by atomic mass is 16.8. The summed E-state index contributed by atoms with van der Waals surface area (Å²) in [5, 5.41) is 52.5. The molecule has 5 rings (SSSR count). The van der Waals surface area contributed by atoms with Crippen LogP contribution in [0.25, 0.3) is 0 Å². The Bertz CT molecular complexity index is 2620. The molecule has 0 spiro atoms. The summed E-state index contributed by atoms with van der Waals surface area (Å²) in [6.45, 7) is 5.17. The predicted octanol–water partition coefficient (Wildman–Crippen LogP) is 3.67. The maximum atomic E-state index is 13.6. The van der Waals surface area contributed by atoms with Gasteiger partial charge in [-0.3, -0.25) is 28.8 Å². The van der Waals surface area contributed by atoms with Crippen LogP contribution >= 0.6 is 0 Å². The summed E-state index contributed by atoms with van der Waals surface area (Å²) in [6, 6.07) is 21.0. The normalized spacial score (nSPS) is 12.2. The minimum Gasteiger partial charge on any atom is -0.595 e. The summed E-state index contributed by atoms with van der Waals surface area (Å²) < 4.78 is 16.5. The molecule has 0 heterocycles. The highest BCUT2D eigenvalue weighted by Crippen LogP contribution is 2.39. The molecule has 0 aliphatic heterocycles. The van der Waals surface area contributed by atoms with E-state index in [1.807, 2.05) is 0 Å². The van der Waals surface area contributed by atoms with E-state index < -0.39 is 70.6 Å². The van der Waals surface area contributed by atoms with Crippen molar-refractivity contribution in [3.63, 3.8) is 0 Å². The average Bonchev–Trinajstić information content (AvgIpc) is 3.28. The number of rotatable bonds is 19. The SMILES string of the molecule is CCOc1cc(C(=O)O)ccc1NC(=O)c1ccc(NC(=O)c2ccc(NC(=O)C(NC(=O)c3ccc(NC(=O)c4ccc([NH+]([O-])O)cc4)cc3)C(OC)C(N)=O)cc2)c(OC(C)C)c1O. The van der Waals surface area contributed by atoms with Crippen LogP contribution in [0.5, 0.6) is 17.2 Å². The van der Waals surface area contributed by atoms with E-state index in [4.69, 9.17) is 25.2 Å². The van der Waals surface area contributed by atoms with Crippen molar-refractivity contribution in [3.8, 4) is 17.2 Å². The van der Waals surface area contributed by atoms with E-state index in [9.17, 15) is 49.0 Å². The molecule has 0 radical (unpaired) electrons. The van der Waals surface area contributed by atoms with E-state index in [-0.39, 0.29) is 68.7 Å². The molecular weight excluding hydrogens is 863 g/mol. The van der Waals surface area contributed by atoms with Crippen LogP contribution in [0.2, 0.25) is 0 Å². The molecule has 5 aromatic rings. The lowest BCUT2D eigenvalue weighted by Gasteiger charge is -2.24. The summed E-state index contributed by atoms with van der Waals surface area (Å²) in [4.78, 5) is 90.1. The first-order valence-electron chi connectivity index (χ1n) is 19.8. The molecule has 3 atom stereocenters. The van der Waals surface area contributed by atoms with Crippen molar-refractivity contribution in [1.29, 1.82) is 0 Å². The van der Waals surface area contributed by atoms with Gasteiger partial charge in [-0.15, -0.1) is 0 Å². The number of carboxylic acid groups (broad SMARTS) is 1. The monoisotopic (exact) mass is 907 g/mol. The number of anilines is 4. The lowest BCUT2D eigenvalue weighted by atomic mass is 10.1. The van der Waals surface area contributed by atoms with Gasteiger partial charge >= 0.3 is 5.97 Å². The standard InChI is InChI=1S/C45H45N7O14/c1-5-65-34-22-27(45(60)61)12-20-32(34)49-43(58)31-19-21-33(37(36(31)53)66-23(2)3)50-41(56)24-6-15-29(16-7-24)48-44(59)35(38(64-4)39(46)54)51-42(57)25-8-13-28(14-9-25)47-40(55)26-10-17-30(18-11-26)52(62)63/h6-23,35,38,52-53,62H,5H2,1-4H3,(H2,46,54)(H,47,55)(H,48,59)(H,49,58)(H,50,56)(H,51,57)(H,60,61). The first kappa shape index (κ1) is 48.7. The number of carbonyl (C=O) groups is 7. The Hall–Kier alpha value is -8.37. The van der Waals surface area contributed by atoms with Crippen molar-refractivity contribution in [2.24, 2.45) is 5.73 Å². The molecule has 5 aromatic carbocycles. The third kappa shape index (κ3) is 12.2. The van der Waals surface area contributed by atoms with Crippen LogP contribution in [0.3, 0.4) is 0 Å². The molecule has 0 saturated heterocycles. The van der Waals surface area contributed by atoms with Gasteiger partial charge in [0.1, 0.15) is 11.8 Å². The number of carboxylic acids is 1. The van der Waals surface area contributed by atoms with Crippen molar-refractivity contribution in [2.45, 2.75) is 39.0 Å². The van der Waals surface area contributed by atoms with Crippen LogP contribution in [0, 0.1) is 5.21 Å². The predicted molar refractivity (Wildman–Crippen MR) is 237 cm³/mol. The lowest BCUT2D eigenvalue weighted by molar-refractivity contribution is -0.991. The number of hydrogen-bond acceptors (Lipinski definition) is 13. The molecule has 66 heavy (non-hydrogen) atoms. The summed E-state index contributed by atoms with van der Waals surface area (Å²) in [5.74, 6) is -6.74. The number of phenolic OH excluding ortho intramolecular Hbond substituents is 1. The van der Waals surface area contributed by atoms with Gasteiger partial charge in [0.05, 0.1) is 35.2 Å². The molecule has 6 amide bonds. The Balaban J connectivity index is 1.26. The lowest BCUT2D eigenvalue weighted by Crippen LogP contribution is -2.99. The highest BCUT2D eigenvalue weighted by Gasteiger charge is 2.35. The van der Waals surface area contributed by atoms with Crippen LogP contribution < -0.4 is 47.0 Å². The second kappa shape index (κ2) is 21.8. The molecule has 0 fully saturated rings. The number of hydrogen-bond donors (Lipinski definition) is 10. The fraction of sp³-hybridized carbons (Fsp3) is 0.178. The van der Waals surface area contributed by atoms with E-state index in [0.29, 0.717) is 5.69 Å². The van der Waals surface area contributed by atoms with Crippen molar-refractivity contribution in [1.82, 2.24) is 5.32 Å². The number of nitrogens with one attached hydrogen (secondary N) is 6. The fourth-order valence-corrected chi connectivity index (χ4v) is 6.14. The molecule has 0 aliphatic carbocycles. The van der Waals surface area contributed by atoms with E-state index in [0.717, 1.165) is 7.11 Å². The Morgan fingerprint density at radius 2 is 1.21 bits per heavy atom. The smallest absolute Gasteiger partial charge is 0.335 e. The zero-order valence-electron chi connectivity index (χ0n) is 35.7. The number of methoxy groups -OCH3 is 1. The van der Waals surface area contributed by atoms with Gasteiger partial charge in [0.2, 0.25) is 11.8 Å². The number of quaternary nitrogens is 1. The molecule has 21 nitrogen and oxygen atoms in total. The third-order valence-electron chi connectivity index (χ3n) is 9.37. The van der Waals surface area contributed by atoms with Gasteiger partial charge in [0.15, 0.2) is 23.3 Å². The van der Waals surface area contributed by atoms with Gasteiger partial charge in [-0.25, -0.2) is 10.0 Å². The Morgan fingerprint density at radius 1 is 0.697 bits per heavy atom. The molecule has 344 valence electrons. The molecule has 0 aliphatic rings. The quantitative estimate of drug-likeness (QED) is 0.0529. The Kier molecular flexibility index (Phi) is 16.1. The minimum absolute atomic E-state index is 0.000725. The van der Waals surface area contributed by atoms with Crippen LogP contribution in [-0.2, 0) is 14.3 Å². The van der Waals surface area contributed by atoms with Crippen LogP contribution in [-0.4, -0.2) is 88.8 Å². The van der Waals surface area contributed by atoms with E-state index in [1.165, 1.54) is 103 Å². The number of benzene rings is 5. The van der Waals surface area contributed by atoms with Gasteiger partial charge in [-0.05, 0) is 112 Å². The Labute approximate surface area is 376 Å². The third-order valence-corrected chi connectivity index (χ3v) is 9.37. The zero-order chi connectivity index (χ0) is 48.2. The Morgan fingerprint density at radius 3 is 1.74 bits per heavy atom. The molecule has 0 saturated carbocycles. The summed E-state index contributed by atoms with van der Waals surface area (Å²) in [5.41, 5.74) is 6.06. The number of phenols is 1. The average molecular weight is 908 g/mol. The molecule has 0 bridgehead atoms. The first-order valence-corrected chi connectivity index (χ1v) is 19.8. The van der Waals surface area contributed by atoms with Crippen LogP contribution in [0.1, 0.15) is 72.6 Å². The van der Waals surface area contributed by atoms with Crippen LogP contribution in [0.4, 0.5) is 28.4 Å². The van der Waals surface area contributed by atoms with Crippen molar-refractivity contribution in [3.05, 3.63) is 136 Å². The molecule has 0 aromatic heterocycles. The van der Waals surface area contributed by atoms with Crippen molar-refractivity contribution >= 4 is 69.8 Å². The number of aromatic carboxylic acids is 1. The highest BCUT2D eigenvalue weighted by molar-refractivity contribution is 6.10. The second-order valence-electron chi connectivity index (χ2n) is 14.4. The van der Waals surface area contributed by atoms with Gasteiger partial charge < -0.3 is 61.9 Å². The minimum atomic E-state index is -1.66. The summed E-state index contributed by atoms with van der Waals surface area (Å²) in [7, 11) is 1.12. The molecule has 11 N–H and O–H groups in total. The topological polar surface area (TPSA) is 322 Å². The first-order chi connectivity index (χ1) is 31.4. The molecular formula is C45H45N7O14. The number of carbonyl (C=O) groups excluding carboxylic acids is 6. The summed E-state index contributed by atoms with van der Waals surface area (Å²) >= 11 is 0.